The Hall–Kier alpha value is -0.820. The lowest BCUT2D eigenvalue weighted by Crippen LogP contribution is -2.06. The molecule has 5 nitrogen and oxygen atoms in total. The van der Waals surface area contributed by atoms with Crippen LogP contribution in [0, 0.1) is 0 Å². The van der Waals surface area contributed by atoms with Gasteiger partial charge in [-0.3, -0.25) is 0 Å². The molecule has 0 atom stereocenters. The van der Waals surface area contributed by atoms with Gasteiger partial charge in [0.05, 0.1) is 38.5 Å². The molecule has 1 aromatic carbocycles. The van der Waals surface area contributed by atoms with Crippen molar-refractivity contribution in [3.8, 4) is 11.5 Å². The van der Waals surface area contributed by atoms with E-state index in [4.69, 9.17) is 23.7 Å². The van der Waals surface area contributed by atoms with Gasteiger partial charge in [-0.15, -0.1) is 0 Å². The summed E-state index contributed by atoms with van der Waals surface area (Å²) >= 11 is 3.48. The molecule has 0 heterocycles. The van der Waals surface area contributed by atoms with Crippen LogP contribution in [-0.4, -0.2) is 41.3 Å². The lowest BCUT2D eigenvalue weighted by molar-refractivity contribution is -0.0726. The molecule has 0 aliphatic rings. The van der Waals surface area contributed by atoms with Gasteiger partial charge in [-0.05, 0) is 27.6 Å². The topological polar surface area (TPSA) is 46.2 Å². The standard InChI is InChI=1S/C13H19BrO5/c1-15-4-5-18-9-19-8-10-6-11(16-2)7-12(17-3)13(10)14/h6-7H,4-5,8-9H2,1-3H3. The van der Waals surface area contributed by atoms with E-state index in [2.05, 4.69) is 15.9 Å². The zero-order valence-electron chi connectivity index (χ0n) is 11.4. The van der Waals surface area contributed by atoms with Gasteiger partial charge in [-0.25, -0.2) is 0 Å². The van der Waals surface area contributed by atoms with Crippen LogP contribution in [0.2, 0.25) is 0 Å². The molecule has 1 aromatic rings. The van der Waals surface area contributed by atoms with Crippen LogP contribution in [-0.2, 0) is 20.8 Å². The van der Waals surface area contributed by atoms with E-state index >= 15 is 0 Å². The minimum Gasteiger partial charge on any atom is -0.497 e. The fourth-order valence-corrected chi connectivity index (χ4v) is 1.92. The first-order valence-corrected chi connectivity index (χ1v) is 6.57. The molecule has 0 N–H and O–H groups in total. The van der Waals surface area contributed by atoms with Gasteiger partial charge in [0.1, 0.15) is 18.3 Å². The molecule has 0 aliphatic carbocycles. The number of methoxy groups -OCH3 is 3. The Morgan fingerprint density at radius 2 is 1.79 bits per heavy atom. The summed E-state index contributed by atoms with van der Waals surface area (Å²) in [5, 5.41) is 0. The Labute approximate surface area is 121 Å². The van der Waals surface area contributed by atoms with Crippen molar-refractivity contribution in [2.45, 2.75) is 6.61 Å². The number of ether oxygens (including phenoxy) is 5. The van der Waals surface area contributed by atoms with Crippen molar-refractivity contribution in [3.05, 3.63) is 22.2 Å². The zero-order valence-corrected chi connectivity index (χ0v) is 13.0. The predicted molar refractivity (Wildman–Crippen MR) is 74.7 cm³/mol. The minimum absolute atomic E-state index is 0.218. The van der Waals surface area contributed by atoms with Crippen molar-refractivity contribution in [1.29, 1.82) is 0 Å². The monoisotopic (exact) mass is 334 g/mol. The molecule has 6 heteroatoms. The second-order valence-corrected chi connectivity index (χ2v) is 4.46. The van der Waals surface area contributed by atoms with Gasteiger partial charge in [-0.1, -0.05) is 0 Å². The van der Waals surface area contributed by atoms with Crippen molar-refractivity contribution in [2.24, 2.45) is 0 Å². The molecular weight excluding hydrogens is 316 g/mol. The second-order valence-electron chi connectivity index (χ2n) is 3.67. The van der Waals surface area contributed by atoms with Crippen LogP contribution in [0.25, 0.3) is 0 Å². The van der Waals surface area contributed by atoms with E-state index in [1.54, 1.807) is 21.3 Å². The molecule has 0 radical (unpaired) electrons. The third-order valence-electron chi connectivity index (χ3n) is 2.40. The Kier molecular flexibility index (Phi) is 7.81. The van der Waals surface area contributed by atoms with Gasteiger partial charge >= 0.3 is 0 Å². The van der Waals surface area contributed by atoms with Crippen molar-refractivity contribution in [1.82, 2.24) is 0 Å². The summed E-state index contributed by atoms with van der Waals surface area (Å²) in [6.07, 6.45) is 0. The van der Waals surface area contributed by atoms with Crippen molar-refractivity contribution >= 4 is 15.9 Å². The number of halogens is 1. The smallest absolute Gasteiger partial charge is 0.147 e. The Balaban J connectivity index is 2.52. The van der Waals surface area contributed by atoms with E-state index in [9.17, 15) is 0 Å². The van der Waals surface area contributed by atoms with E-state index in [1.807, 2.05) is 12.1 Å². The largest absolute Gasteiger partial charge is 0.497 e. The number of benzene rings is 1. The maximum Gasteiger partial charge on any atom is 0.147 e. The quantitative estimate of drug-likeness (QED) is 0.513. The molecular formula is C13H19BrO5. The average molecular weight is 335 g/mol. The summed E-state index contributed by atoms with van der Waals surface area (Å²) in [4.78, 5) is 0. The number of hydrogen-bond donors (Lipinski definition) is 0. The molecule has 0 spiro atoms. The first-order valence-electron chi connectivity index (χ1n) is 5.77. The normalized spacial score (nSPS) is 10.5. The molecule has 0 amide bonds. The predicted octanol–water partition coefficient (Wildman–Crippen LogP) is 2.60. The van der Waals surface area contributed by atoms with E-state index in [0.717, 1.165) is 15.8 Å². The number of rotatable bonds is 9. The van der Waals surface area contributed by atoms with Gasteiger partial charge in [0.15, 0.2) is 0 Å². The van der Waals surface area contributed by atoms with Crippen molar-refractivity contribution in [2.75, 3.05) is 41.3 Å². The summed E-state index contributed by atoms with van der Waals surface area (Å²) < 4.78 is 26.8. The molecule has 0 saturated carbocycles. The fraction of sp³-hybridized carbons (Fsp3) is 0.538. The van der Waals surface area contributed by atoms with Crippen molar-refractivity contribution in [3.63, 3.8) is 0 Å². The van der Waals surface area contributed by atoms with Crippen LogP contribution in [0.3, 0.4) is 0 Å². The minimum atomic E-state index is 0.218. The summed E-state index contributed by atoms with van der Waals surface area (Å²) in [5.74, 6) is 1.43. The average Bonchev–Trinajstić information content (AvgIpc) is 2.44. The van der Waals surface area contributed by atoms with Crippen LogP contribution in [0.1, 0.15) is 5.56 Å². The summed E-state index contributed by atoms with van der Waals surface area (Å²) in [6.45, 7) is 1.69. The molecule has 108 valence electrons. The summed E-state index contributed by atoms with van der Waals surface area (Å²) in [7, 11) is 4.85. The van der Waals surface area contributed by atoms with Gasteiger partial charge in [0, 0.05) is 13.2 Å². The molecule has 1 rings (SSSR count). The first-order chi connectivity index (χ1) is 9.22. The first kappa shape index (κ1) is 16.2. The van der Waals surface area contributed by atoms with E-state index < -0.39 is 0 Å². The van der Waals surface area contributed by atoms with Crippen LogP contribution < -0.4 is 9.47 Å². The van der Waals surface area contributed by atoms with Crippen LogP contribution in [0.4, 0.5) is 0 Å². The molecule has 0 fully saturated rings. The SMILES string of the molecule is COCCOCOCc1cc(OC)cc(OC)c1Br. The second kappa shape index (κ2) is 9.14. The highest BCUT2D eigenvalue weighted by Gasteiger charge is 2.10. The zero-order chi connectivity index (χ0) is 14.1. The van der Waals surface area contributed by atoms with E-state index in [0.29, 0.717) is 25.6 Å². The number of hydrogen-bond acceptors (Lipinski definition) is 5. The maximum absolute atomic E-state index is 5.43. The molecule has 0 aromatic heterocycles. The molecule has 19 heavy (non-hydrogen) atoms. The molecule has 0 aliphatic heterocycles. The lowest BCUT2D eigenvalue weighted by atomic mass is 10.2. The fourth-order valence-electron chi connectivity index (χ4n) is 1.41. The van der Waals surface area contributed by atoms with Crippen LogP contribution in [0.15, 0.2) is 16.6 Å². The summed E-state index contributed by atoms with van der Waals surface area (Å²) in [6, 6.07) is 3.70. The molecule has 0 bridgehead atoms. The third kappa shape index (κ3) is 5.36. The highest BCUT2D eigenvalue weighted by Crippen LogP contribution is 2.33. The van der Waals surface area contributed by atoms with Crippen LogP contribution in [0.5, 0.6) is 11.5 Å². The van der Waals surface area contributed by atoms with Crippen LogP contribution >= 0.6 is 15.9 Å². The Morgan fingerprint density at radius 3 is 2.42 bits per heavy atom. The summed E-state index contributed by atoms with van der Waals surface area (Å²) in [5.41, 5.74) is 0.937. The highest BCUT2D eigenvalue weighted by molar-refractivity contribution is 9.10. The van der Waals surface area contributed by atoms with Gasteiger partial charge in [0.2, 0.25) is 0 Å². The highest BCUT2D eigenvalue weighted by atomic mass is 79.9. The van der Waals surface area contributed by atoms with Crippen molar-refractivity contribution < 1.29 is 23.7 Å². The maximum atomic E-state index is 5.43. The van der Waals surface area contributed by atoms with Gasteiger partial charge in [-0.2, -0.15) is 0 Å². The lowest BCUT2D eigenvalue weighted by Gasteiger charge is -2.12. The van der Waals surface area contributed by atoms with Gasteiger partial charge < -0.3 is 23.7 Å². The molecule has 0 unspecified atom stereocenters. The third-order valence-corrected chi connectivity index (χ3v) is 3.30. The Morgan fingerprint density at radius 1 is 1.00 bits per heavy atom. The molecule has 0 saturated heterocycles. The van der Waals surface area contributed by atoms with E-state index in [-0.39, 0.29) is 6.79 Å². The Bertz CT molecular complexity index is 384. The van der Waals surface area contributed by atoms with E-state index in [1.165, 1.54) is 0 Å². The van der Waals surface area contributed by atoms with Gasteiger partial charge in [0.25, 0.3) is 0 Å².